The number of aromatic nitrogens is 1. The van der Waals surface area contributed by atoms with Gasteiger partial charge in [0, 0.05) is 25.8 Å². The summed E-state index contributed by atoms with van der Waals surface area (Å²) in [7, 11) is 0. The van der Waals surface area contributed by atoms with E-state index in [1.54, 1.807) is 0 Å². The molecule has 3 heterocycles. The monoisotopic (exact) mass is 371 g/mol. The summed E-state index contributed by atoms with van der Waals surface area (Å²) in [6, 6.07) is 2.55. The maximum Gasteiger partial charge on any atom is 0.433 e. The number of urea groups is 1. The van der Waals surface area contributed by atoms with Gasteiger partial charge in [-0.25, -0.2) is 4.79 Å². The Kier molecular flexibility index (Phi) is 5.14. The van der Waals surface area contributed by atoms with Crippen molar-refractivity contribution in [3.63, 3.8) is 0 Å². The molecule has 0 saturated carbocycles. The van der Waals surface area contributed by atoms with Gasteiger partial charge in [-0.05, 0) is 44.2 Å². The van der Waals surface area contributed by atoms with Crippen LogP contribution >= 0.6 is 0 Å². The van der Waals surface area contributed by atoms with E-state index in [0.29, 0.717) is 32.8 Å². The van der Waals surface area contributed by atoms with Crippen molar-refractivity contribution < 1.29 is 22.7 Å². The smallest absolute Gasteiger partial charge is 0.377 e. The van der Waals surface area contributed by atoms with E-state index in [1.807, 2.05) is 23.6 Å². The number of hydrogen-bond donors (Lipinski definition) is 0. The molecule has 2 saturated heterocycles. The van der Waals surface area contributed by atoms with Gasteiger partial charge in [-0.2, -0.15) is 13.2 Å². The van der Waals surface area contributed by atoms with Gasteiger partial charge < -0.3 is 14.5 Å². The molecule has 3 rings (SSSR count). The number of amides is 2. The quantitative estimate of drug-likeness (QED) is 0.759. The van der Waals surface area contributed by atoms with Crippen molar-refractivity contribution in [2.24, 2.45) is 0 Å². The summed E-state index contributed by atoms with van der Waals surface area (Å²) >= 11 is 0. The van der Waals surface area contributed by atoms with Gasteiger partial charge in [0.2, 0.25) is 0 Å². The molecule has 2 fully saturated rings. The van der Waals surface area contributed by atoms with Crippen LogP contribution in [0.1, 0.15) is 43.9 Å². The van der Waals surface area contributed by atoms with E-state index < -0.39 is 11.9 Å². The van der Waals surface area contributed by atoms with E-state index in [9.17, 15) is 18.0 Å². The number of carbonyl (C=O) groups excluding carboxylic acids is 1. The molecule has 144 valence electrons. The molecule has 0 aliphatic carbocycles. The number of nitrogens with zero attached hydrogens (tertiary/aromatic N) is 3. The summed E-state index contributed by atoms with van der Waals surface area (Å²) < 4.78 is 43.3. The lowest BCUT2D eigenvalue weighted by Crippen LogP contribution is -2.59. The van der Waals surface area contributed by atoms with Crippen molar-refractivity contribution in [1.29, 1.82) is 0 Å². The highest BCUT2D eigenvalue weighted by atomic mass is 19.4. The number of pyridine rings is 1. The molecule has 26 heavy (non-hydrogen) atoms. The van der Waals surface area contributed by atoms with Crippen LogP contribution < -0.4 is 0 Å². The number of hydrogen-bond acceptors (Lipinski definition) is 3. The number of ether oxygens (including phenoxy) is 1. The van der Waals surface area contributed by atoms with Crippen LogP contribution in [0.25, 0.3) is 0 Å². The minimum absolute atomic E-state index is 0.0160. The summed E-state index contributed by atoms with van der Waals surface area (Å²) in [5.41, 5.74) is -0.399. The van der Waals surface area contributed by atoms with Gasteiger partial charge in [-0.1, -0.05) is 6.07 Å². The van der Waals surface area contributed by atoms with Gasteiger partial charge in [0.1, 0.15) is 5.69 Å². The van der Waals surface area contributed by atoms with Crippen molar-refractivity contribution >= 4 is 6.03 Å². The maximum absolute atomic E-state index is 12.8. The molecule has 0 spiro atoms. The Labute approximate surface area is 151 Å². The Morgan fingerprint density at radius 3 is 2.46 bits per heavy atom. The fourth-order valence-corrected chi connectivity index (χ4v) is 3.60. The lowest BCUT2D eigenvalue weighted by molar-refractivity contribution is -0.141. The highest BCUT2D eigenvalue weighted by Gasteiger charge is 2.37. The van der Waals surface area contributed by atoms with Crippen molar-refractivity contribution in [3.8, 4) is 0 Å². The van der Waals surface area contributed by atoms with Crippen LogP contribution in [0.4, 0.5) is 18.0 Å². The van der Waals surface area contributed by atoms with E-state index in [4.69, 9.17) is 4.74 Å². The maximum atomic E-state index is 12.8. The third-order valence-electron chi connectivity index (χ3n) is 5.19. The molecular weight excluding hydrogens is 347 g/mol. The molecule has 0 aromatic carbocycles. The van der Waals surface area contributed by atoms with Crippen molar-refractivity contribution in [3.05, 3.63) is 29.6 Å². The number of alkyl halides is 3. The molecule has 0 atom stereocenters. The first-order chi connectivity index (χ1) is 12.2. The summed E-state index contributed by atoms with van der Waals surface area (Å²) in [4.78, 5) is 20.1. The highest BCUT2D eigenvalue weighted by molar-refractivity contribution is 5.75. The van der Waals surface area contributed by atoms with Crippen molar-refractivity contribution in [1.82, 2.24) is 14.8 Å². The Bertz CT molecular complexity index is 638. The van der Waals surface area contributed by atoms with E-state index in [-0.39, 0.29) is 17.5 Å². The fourth-order valence-electron chi connectivity index (χ4n) is 3.60. The molecule has 2 aliphatic heterocycles. The van der Waals surface area contributed by atoms with Crippen LogP contribution in [0, 0.1) is 0 Å². The van der Waals surface area contributed by atoms with E-state index in [2.05, 4.69) is 4.98 Å². The van der Waals surface area contributed by atoms with Gasteiger partial charge in [0.15, 0.2) is 0 Å². The lowest BCUT2D eigenvalue weighted by Gasteiger charge is -2.45. The predicted molar refractivity (Wildman–Crippen MR) is 89.8 cm³/mol. The second-order valence-corrected chi connectivity index (χ2v) is 7.54. The van der Waals surface area contributed by atoms with Crippen molar-refractivity contribution in [2.45, 2.75) is 44.3 Å². The molecule has 0 radical (unpaired) electrons. The Morgan fingerprint density at radius 1 is 1.23 bits per heavy atom. The Hall–Kier alpha value is -1.83. The fraction of sp³-hybridized carbons (Fsp3) is 0.667. The molecule has 1 aromatic rings. The standard InChI is InChI=1S/C18H24F3N3O2/c1-17(2)12-26-10-9-24(17)16(25)23-7-5-13(6-8-23)14-3-4-15(22-11-14)18(19,20)21/h3-4,11,13H,5-10,12H2,1-2H3. The van der Waals surface area contributed by atoms with Crippen LogP contribution in [0.2, 0.25) is 0 Å². The lowest BCUT2D eigenvalue weighted by atomic mass is 9.90. The molecule has 2 amide bonds. The Morgan fingerprint density at radius 2 is 1.92 bits per heavy atom. The third kappa shape index (κ3) is 3.95. The summed E-state index contributed by atoms with van der Waals surface area (Å²) in [5.74, 6) is 0.131. The molecular formula is C18H24F3N3O2. The highest BCUT2D eigenvalue weighted by Crippen LogP contribution is 2.32. The van der Waals surface area contributed by atoms with Crippen LogP contribution in [0.5, 0.6) is 0 Å². The van der Waals surface area contributed by atoms with Crippen LogP contribution in [-0.4, -0.2) is 59.2 Å². The second kappa shape index (κ2) is 7.06. The van der Waals surface area contributed by atoms with Gasteiger partial charge in [0.05, 0.1) is 18.8 Å². The average Bonchev–Trinajstić information content (AvgIpc) is 2.60. The van der Waals surface area contributed by atoms with Gasteiger partial charge in [0.25, 0.3) is 0 Å². The molecule has 0 unspecified atom stereocenters. The van der Waals surface area contributed by atoms with Crippen LogP contribution in [0.15, 0.2) is 18.3 Å². The minimum Gasteiger partial charge on any atom is -0.377 e. The Balaban J connectivity index is 1.59. The SMILES string of the molecule is CC1(C)COCCN1C(=O)N1CCC(c2ccc(C(F)(F)F)nc2)CC1. The minimum atomic E-state index is -4.42. The van der Waals surface area contributed by atoms with Crippen LogP contribution in [-0.2, 0) is 10.9 Å². The van der Waals surface area contributed by atoms with Crippen molar-refractivity contribution in [2.75, 3.05) is 32.8 Å². The summed E-state index contributed by atoms with van der Waals surface area (Å²) in [5, 5.41) is 0. The summed E-state index contributed by atoms with van der Waals surface area (Å²) in [6.07, 6.45) is -1.65. The van der Waals surface area contributed by atoms with Crippen LogP contribution in [0.3, 0.4) is 0 Å². The molecule has 8 heteroatoms. The first-order valence-corrected chi connectivity index (χ1v) is 8.86. The zero-order valence-electron chi connectivity index (χ0n) is 15.1. The molecule has 0 N–H and O–H groups in total. The summed E-state index contributed by atoms with van der Waals surface area (Å²) in [6.45, 7) is 6.81. The predicted octanol–water partition coefficient (Wildman–Crippen LogP) is 3.51. The van der Waals surface area contributed by atoms with Gasteiger partial charge >= 0.3 is 12.2 Å². The van der Waals surface area contributed by atoms with E-state index >= 15 is 0 Å². The number of rotatable bonds is 1. The zero-order valence-corrected chi connectivity index (χ0v) is 15.1. The zero-order chi connectivity index (χ0) is 18.9. The number of halogens is 3. The number of carbonyl (C=O) groups is 1. The first kappa shape index (κ1) is 18.9. The third-order valence-corrected chi connectivity index (χ3v) is 5.19. The topological polar surface area (TPSA) is 45.7 Å². The largest absolute Gasteiger partial charge is 0.433 e. The number of piperidine rings is 1. The first-order valence-electron chi connectivity index (χ1n) is 8.86. The van der Waals surface area contributed by atoms with E-state index in [1.165, 1.54) is 12.3 Å². The van der Waals surface area contributed by atoms with Gasteiger partial charge in [-0.3, -0.25) is 4.98 Å². The van der Waals surface area contributed by atoms with Gasteiger partial charge in [-0.15, -0.1) is 0 Å². The normalized spacial score (nSPS) is 21.7. The molecule has 0 bridgehead atoms. The average molecular weight is 371 g/mol. The molecule has 5 nitrogen and oxygen atoms in total. The molecule has 2 aliphatic rings. The molecule has 1 aromatic heterocycles. The number of morpholine rings is 1. The van der Waals surface area contributed by atoms with E-state index in [0.717, 1.165) is 24.5 Å². The second-order valence-electron chi connectivity index (χ2n) is 7.54. The number of likely N-dealkylation sites (tertiary alicyclic amines) is 1.